The molecule has 2 N–H and O–H groups in total. The number of nitrogens with one attached hydrogen (secondary N) is 2. The fourth-order valence-corrected chi connectivity index (χ4v) is 3.99. The van der Waals surface area contributed by atoms with Crippen LogP contribution in [0.25, 0.3) is 0 Å². The molecule has 1 saturated heterocycles. The molecule has 6 nitrogen and oxygen atoms in total. The molecule has 0 bridgehead atoms. The van der Waals surface area contributed by atoms with Crippen molar-refractivity contribution in [2.75, 3.05) is 0 Å². The van der Waals surface area contributed by atoms with E-state index in [2.05, 4.69) is 26.6 Å². The molecule has 0 radical (unpaired) electrons. The zero-order chi connectivity index (χ0) is 18.2. The predicted molar refractivity (Wildman–Crippen MR) is 92.0 cm³/mol. The Morgan fingerprint density at radius 1 is 1.36 bits per heavy atom. The number of nitrogens with zero attached hydrogens (tertiary/aromatic N) is 1. The van der Waals surface area contributed by atoms with E-state index < -0.39 is 29.3 Å². The van der Waals surface area contributed by atoms with Crippen molar-refractivity contribution in [3.8, 4) is 0 Å². The maximum atomic E-state index is 13.4. The van der Waals surface area contributed by atoms with Crippen LogP contribution in [0.15, 0.2) is 22.7 Å². The van der Waals surface area contributed by atoms with Gasteiger partial charge in [0.05, 0.1) is 0 Å². The van der Waals surface area contributed by atoms with Gasteiger partial charge in [0.1, 0.15) is 17.4 Å². The van der Waals surface area contributed by atoms with E-state index in [4.69, 9.17) is 0 Å². The first kappa shape index (κ1) is 17.8. The Morgan fingerprint density at radius 3 is 2.68 bits per heavy atom. The third-order valence-corrected chi connectivity index (χ3v) is 5.26. The zero-order valence-corrected chi connectivity index (χ0v) is 15.4. The van der Waals surface area contributed by atoms with Crippen molar-refractivity contribution in [3.63, 3.8) is 0 Å². The van der Waals surface area contributed by atoms with Gasteiger partial charge < -0.3 is 10.6 Å². The van der Waals surface area contributed by atoms with Crippen LogP contribution in [-0.4, -0.2) is 34.3 Å². The Bertz CT molecular complexity index is 714. The Hall–Kier alpha value is -1.96. The van der Waals surface area contributed by atoms with Crippen molar-refractivity contribution in [3.05, 3.63) is 34.1 Å². The fourth-order valence-electron chi connectivity index (χ4n) is 3.48. The second-order valence-corrected chi connectivity index (χ2v) is 7.48. The maximum Gasteiger partial charge on any atom is 0.325 e. The van der Waals surface area contributed by atoms with Crippen LogP contribution >= 0.6 is 15.9 Å². The molecular weight excluding hydrogens is 393 g/mol. The third kappa shape index (κ3) is 3.40. The topological polar surface area (TPSA) is 78.5 Å². The summed E-state index contributed by atoms with van der Waals surface area (Å²) in [6, 6.07) is 2.88. The van der Waals surface area contributed by atoms with Crippen LogP contribution in [0, 0.1) is 5.82 Å². The standard InChI is InChI=1S/C17H19BrFN3O3/c1-10(14(23)20-9-11-6-12(18)8-13(19)7-11)22-15(24)17(21-16(22)25)4-2-3-5-17/h6-8,10H,2-5,9H2,1H3,(H,20,23)(H,21,25). The highest BCUT2D eigenvalue weighted by Crippen LogP contribution is 2.35. The van der Waals surface area contributed by atoms with Gasteiger partial charge in [0, 0.05) is 11.0 Å². The summed E-state index contributed by atoms with van der Waals surface area (Å²) in [4.78, 5) is 38.2. The summed E-state index contributed by atoms with van der Waals surface area (Å²) in [5.41, 5.74) is -0.254. The average molecular weight is 412 g/mol. The number of hydrogen-bond acceptors (Lipinski definition) is 3. The summed E-state index contributed by atoms with van der Waals surface area (Å²) < 4.78 is 14.0. The number of hydrogen-bond donors (Lipinski definition) is 2. The molecule has 4 amide bonds. The largest absolute Gasteiger partial charge is 0.350 e. The molecule has 1 atom stereocenters. The van der Waals surface area contributed by atoms with E-state index in [1.54, 1.807) is 6.07 Å². The molecule has 1 aliphatic carbocycles. The molecule has 3 rings (SSSR count). The minimum absolute atomic E-state index is 0.105. The van der Waals surface area contributed by atoms with E-state index in [1.807, 2.05) is 0 Å². The summed E-state index contributed by atoms with van der Waals surface area (Å²) in [6.07, 6.45) is 2.99. The number of carbonyl (C=O) groups is 3. The normalized spacial score (nSPS) is 20.0. The SMILES string of the molecule is CC(C(=O)NCc1cc(F)cc(Br)c1)N1C(=O)NC2(CCCC2)C1=O. The molecule has 1 unspecified atom stereocenters. The van der Waals surface area contributed by atoms with Gasteiger partial charge in [0.15, 0.2) is 0 Å². The summed E-state index contributed by atoms with van der Waals surface area (Å²) in [6.45, 7) is 1.62. The van der Waals surface area contributed by atoms with Gasteiger partial charge in [0.2, 0.25) is 5.91 Å². The minimum Gasteiger partial charge on any atom is -0.350 e. The molecular formula is C17H19BrFN3O3. The number of halogens is 2. The van der Waals surface area contributed by atoms with Gasteiger partial charge in [-0.25, -0.2) is 14.1 Å². The number of rotatable bonds is 4. The monoisotopic (exact) mass is 411 g/mol. The second-order valence-electron chi connectivity index (χ2n) is 6.57. The predicted octanol–water partition coefficient (Wildman–Crippen LogP) is 2.46. The molecule has 1 aromatic carbocycles. The van der Waals surface area contributed by atoms with Crippen LogP contribution in [0.2, 0.25) is 0 Å². The first-order valence-electron chi connectivity index (χ1n) is 8.21. The van der Waals surface area contributed by atoms with Crippen LogP contribution in [-0.2, 0) is 16.1 Å². The van der Waals surface area contributed by atoms with E-state index in [0.29, 0.717) is 22.9 Å². The molecule has 1 aliphatic heterocycles. The first-order valence-corrected chi connectivity index (χ1v) is 9.00. The molecule has 2 aliphatic rings. The van der Waals surface area contributed by atoms with Crippen molar-refractivity contribution < 1.29 is 18.8 Å². The summed E-state index contributed by atoms with van der Waals surface area (Å²) in [7, 11) is 0. The van der Waals surface area contributed by atoms with Gasteiger partial charge in [-0.15, -0.1) is 0 Å². The van der Waals surface area contributed by atoms with Crippen LogP contribution in [0.4, 0.5) is 9.18 Å². The smallest absolute Gasteiger partial charge is 0.325 e. The van der Waals surface area contributed by atoms with Crippen molar-refractivity contribution in [2.45, 2.75) is 50.7 Å². The highest BCUT2D eigenvalue weighted by molar-refractivity contribution is 9.10. The Kier molecular flexibility index (Phi) is 4.81. The Morgan fingerprint density at radius 2 is 2.04 bits per heavy atom. The summed E-state index contributed by atoms with van der Waals surface area (Å²) in [5, 5.41) is 5.41. The second kappa shape index (κ2) is 6.74. The van der Waals surface area contributed by atoms with Crippen molar-refractivity contribution in [2.24, 2.45) is 0 Å². The lowest BCUT2D eigenvalue weighted by molar-refractivity contribution is -0.137. The molecule has 1 heterocycles. The van der Waals surface area contributed by atoms with E-state index in [0.717, 1.165) is 17.7 Å². The van der Waals surface area contributed by atoms with Gasteiger partial charge >= 0.3 is 6.03 Å². The number of urea groups is 1. The first-order chi connectivity index (χ1) is 11.8. The summed E-state index contributed by atoms with van der Waals surface area (Å²) >= 11 is 3.19. The lowest BCUT2D eigenvalue weighted by atomic mass is 9.97. The van der Waals surface area contributed by atoms with Gasteiger partial charge in [-0.3, -0.25) is 9.59 Å². The average Bonchev–Trinajstić information content (AvgIpc) is 3.09. The molecule has 2 fully saturated rings. The quantitative estimate of drug-likeness (QED) is 0.746. The van der Waals surface area contributed by atoms with Gasteiger partial charge in [-0.2, -0.15) is 0 Å². The maximum absolute atomic E-state index is 13.4. The van der Waals surface area contributed by atoms with E-state index in [-0.39, 0.29) is 12.5 Å². The third-order valence-electron chi connectivity index (χ3n) is 4.81. The van der Waals surface area contributed by atoms with Crippen molar-refractivity contribution >= 4 is 33.8 Å². The molecule has 8 heteroatoms. The van der Waals surface area contributed by atoms with Gasteiger partial charge in [-0.1, -0.05) is 28.8 Å². The van der Waals surface area contributed by atoms with Crippen LogP contribution in [0.5, 0.6) is 0 Å². The number of imide groups is 1. The highest BCUT2D eigenvalue weighted by atomic mass is 79.9. The Balaban J connectivity index is 1.66. The van der Waals surface area contributed by atoms with Crippen LogP contribution < -0.4 is 10.6 Å². The molecule has 25 heavy (non-hydrogen) atoms. The molecule has 1 aromatic rings. The minimum atomic E-state index is -0.926. The fraction of sp³-hybridized carbons (Fsp3) is 0.471. The van der Waals surface area contributed by atoms with E-state index in [9.17, 15) is 18.8 Å². The number of carbonyl (C=O) groups excluding carboxylic acids is 3. The Labute approximate surface area is 153 Å². The number of amides is 4. The van der Waals surface area contributed by atoms with Crippen molar-refractivity contribution in [1.29, 1.82) is 0 Å². The van der Waals surface area contributed by atoms with Gasteiger partial charge in [0.25, 0.3) is 5.91 Å². The lowest BCUT2D eigenvalue weighted by Gasteiger charge is -2.23. The highest BCUT2D eigenvalue weighted by Gasteiger charge is 2.54. The lowest BCUT2D eigenvalue weighted by Crippen LogP contribution is -2.49. The van der Waals surface area contributed by atoms with Crippen LogP contribution in [0.1, 0.15) is 38.2 Å². The molecule has 134 valence electrons. The van der Waals surface area contributed by atoms with Crippen molar-refractivity contribution in [1.82, 2.24) is 15.5 Å². The van der Waals surface area contributed by atoms with Gasteiger partial charge in [-0.05, 0) is 43.5 Å². The molecule has 1 saturated carbocycles. The van der Waals surface area contributed by atoms with Crippen LogP contribution in [0.3, 0.4) is 0 Å². The number of benzene rings is 1. The van der Waals surface area contributed by atoms with E-state index in [1.165, 1.54) is 19.1 Å². The molecule has 0 aromatic heterocycles. The molecule has 1 spiro atoms. The van der Waals surface area contributed by atoms with E-state index >= 15 is 0 Å². The zero-order valence-electron chi connectivity index (χ0n) is 13.8. The summed E-state index contributed by atoms with van der Waals surface area (Å²) in [5.74, 6) is -1.20.